The highest BCUT2D eigenvalue weighted by Gasteiger charge is 2.36. The number of halogens is 3. The Morgan fingerprint density at radius 1 is 0.867 bits per heavy atom. The summed E-state index contributed by atoms with van der Waals surface area (Å²) >= 11 is 0. The Balaban J connectivity index is 2.47. The van der Waals surface area contributed by atoms with Gasteiger partial charge in [0.05, 0.1) is 5.56 Å². The molecule has 0 saturated carbocycles. The molecule has 0 aliphatic rings. The molecule has 1 nitrogen and oxygen atoms in total. The fourth-order valence-corrected chi connectivity index (χ4v) is 4.30. The number of rotatable bonds is 8. The Kier molecular flexibility index (Phi) is 7.90. The van der Waals surface area contributed by atoms with Crippen LogP contribution < -0.4 is 0 Å². The van der Waals surface area contributed by atoms with Crippen LogP contribution in [-0.4, -0.2) is 5.78 Å². The van der Waals surface area contributed by atoms with Crippen LogP contribution in [0.3, 0.4) is 0 Å². The predicted molar refractivity (Wildman–Crippen MR) is 117 cm³/mol. The SMILES string of the molecule is CC(C)c1ccccc1C(=O)c1cc(CCC(C(C)C)C(C)C)ccc1C(F)(F)F. The van der Waals surface area contributed by atoms with Crippen molar-refractivity contribution in [1.29, 1.82) is 0 Å². The molecule has 0 unspecified atom stereocenters. The van der Waals surface area contributed by atoms with E-state index in [1.54, 1.807) is 12.1 Å². The highest BCUT2D eigenvalue weighted by molar-refractivity contribution is 6.11. The van der Waals surface area contributed by atoms with E-state index in [4.69, 9.17) is 0 Å². The highest BCUT2D eigenvalue weighted by Crippen LogP contribution is 2.35. The molecule has 0 radical (unpaired) electrons. The van der Waals surface area contributed by atoms with Crippen molar-refractivity contribution in [2.24, 2.45) is 17.8 Å². The predicted octanol–water partition coefficient (Wildman–Crippen LogP) is 7.92. The average molecular weight is 419 g/mol. The molecule has 0 amide bonds. The Labute approximate surface area is 178 Å². The van der Waals surface area contributed by atoms with E-state index in [1.807, 2.05) is 26.0 Å². The normalized spacial score (nSPS) is 12.4. The molecule has 4 heteroatoms. The molecule has 0 bridgehead atoms. The topological polar surface area (TPSA) is 17.1 Å². The summed E-state index contributed by atoms with van der Waals surface area (Å²) in [5, 5.41) is 0. The van der Waals surface area contributed by atoms with Crippen LogP contribution in [0, 0.1) is 17.8 Å². The van der Waals surface area contributed by atoms with Gasteiger partial charge in [-0.05, 0) is 59.8 Å². The first kappa shape index (κ1) is 24.2. The number of benzene rings is 2. The maximum absolute atomic E-state index is 13.7. The Bertz CT molecular complexity index is 855. The van der Waals surface area contributed by atoms with Gasteiger partial charge in [-0.3, -0.25) is 4.79 Å². The molecule has 30 heavy (non-hydrogen) atoms. The summed E-state index contributed by atoms with van der Waals surface area (Å²) in [6.07, 6.45) is -3.03. The van der Waals surface area contributed by atoms with E-state index in [0.717, 1.165) is 23.6 Å². The second kappa shape index (κ2) is 9.80. The van der Waals surface area contributed by atoms with Gasteiger partial charge in [0.1, 0.15) is 0 Å². The molecule has 0 atom stereocenters. The summed E-state index contributed by atoms with van der Waals surface area (Å²) < 4.78 is 41.1. The van der Waals surface area contributed by atoms with Crippen LogP contribution in [-0.2, 0) is 12.6 Å². The fraction of sp³-hybridized carbons (Fsp3) is 0.500. The Morgan fingerprint density at radius 2 is 1.47 bits per heavy atom. The molecule has 0 N–H and O–H groups in total. The van der Waals surface area contributed by atoms with Gasteiger partial charge >= 0.3 is 6.18 Å². The van der Waals surface area contributed by atoms with Crippen LogP contribution in [0.2, 0.25) is 0 Å². The number of hydrogen-bond donors (Lipinski definition) is 0. The Morgan fingerprint density at radius 3 is 2.00 bits per heavy atom. The van der Waals surface area contributed by atoms with Gasteiger partial charge in [-0.15, -0.1) is 0 Å². The lowest BCUT2D eigenvalue weighted by atomic mass is 9.81. The summed E-state index contributed by atoms with van der Waals surface area (Å²) in [5.74, 6) is 0.961. The van der Waals surface area contributed by atoms with E-state index in [-0.39, 0.29) is 11.5 Å². The van der Waals surface area contributed by atoms with Crippen molar-refractivity contribution >= 4 is 5.78 Å². The first-order chi connectivity index (χ1) is 13.9. The molecule has 0 heterocycles. The zero-order valence-electron chi connectivity index (χ0n) is 18.8. The van der Waals surface area contributed by atoms with Gasteiger partial charge in [-0.1, -0.05) is 71.9 Å². The van der Waals surface area contributed by atoms with Crippen LogP contribution in [0.5, 0.6) is 0 Å². The van der Waals surface area contributed by atoms with E-state index in [9.17, 15) is 18.0 Å². The molecule has 0 spiro atoms. The standard InChI is InChI=1S/C26H33F3O/c1-16(2)20(17(3)4)13-11-19-12-14-24(26(27,28)29)23(15-19)25(30)22-10-8-7-9-21(22)18(5)6/h7-10,12,14-18,20H,11,13H2,1-6H3. The molecule has 0 aliphatic heterocycles. The third kappa shape index (κ3) is 5.74. The van der Waals surface area contributed by atoms with Crippen molar-refractivity contribution in [2.45, 2.75) is 66.5 Å². The molecular formula is C26H33F3O. The lowest BCUT2D eigenvalue weighted by Crippen LogP contribution is -2.18. The van der Waals surface area contributed by atoms with Gasteiger partial charge in [-0.25, -0.2) is 0 Å². The second-order valence-electron chi connectivity index (χ2n) is 9.14. The monoisotopic (exact) mass is 418 g/mol. The minimum absolute atomic E-state index is 0.0421. The number of hydrogen-bond acceptors (Lipinski definition) is 1. The highest BCUT2D eigenvalue weighted by atomic mass is 19.4. The number of carbonyl (C=O) groups is 1. The molecule has 0 saturated heterocycles. The third-order valence-electron chi connectivity index (χ3n) is 5.94. The van der Waals surface area contributed by atoms with Crippen LogP contribution in [0.4, 0.5) is 13.2 Å². The molecule has 0 fully saturated rings. The van der Waals surface area contributed by atoms with Crippen LogP contribution in [0.25, 0.3) is 0 Å². The van der Waals surface area contributed by atoms with Gasteiger partial charge in [0.25, 0.3) is 0 Å². The van der Waals surface area contributed by atoms with Gasteiger partial charge in [0.15, 0.2) is 5.78 Å². The van der Waals surface area contributed by atoms with E-state index in [0.29, 0.717) is 29.7 Å². The first-order valence-electron chi connectivity index (χ1n) is 10.8. The molecule has 164 valence electrons. The van der Waals surface area contributed by atoms with Gasteiger partial charge < -0.3 is 0 Å². The zero-order valence-corrected chi connectivity index (χ0v) is 18.8. The average Bonchev–Trinajstić information content (AvgIpc) is 2.66. The first-order valence-corrected chi connectivity index (χ1v) is 10.8. The smallest absolute Gasteiger partial charge is 0.289 e. The van der Waals surface area contributed by atoms with E-state index >= 15 is 0 Å². The molecule has 0 aromatic heterocycles. The summed E-state index contributed by atoms with van der Waals surface area (Å²) in [6, 6.07) is 11.0. The fourth-order valence-electron chi connectivity index (χ4n) is 4.30. The summed E-state index contributed by atoms with van der Waals surface area (Å²) in [7, 11) is 0. The van der Waals surface area contributed by atoms with E-state index in [2.05, 4.69) is 27.7 Å². The quantitative estimate of drug-likeness (QED) is 0.398. The number of ketones is 1. The molecule has 2 aromatic carbocycles. The third-order valence-corrected chi connectivity index (χ3v) is 5.94. The zero-order chi connectivity index (χ0) is 22.6. The van der Waals surface area contributed by atoms with Crippen molar-refractivity contribution in [3.63, 3.8) is 0 Å². The van der Waals surface area contributed by atoms with Crippen molar-refractivity contribution in [3.05, 3.63) is 70.3 Å². The lowest BCUT2D eigenvalue weighted by molar-refractivity contribution is -0.137. The largest absolute Gasteiger partial charge is 0.417 e. The molecule has 2 rings (SSSR count). The maximum atomic E-state index is 13.7. The van der Waals surface area contributed by atoms with Crippen LogP contribution in [0.15, 0.2) is 42.5 Å². The van der Waals surface area contributed by atoms with Gasteiger partial charge in [0, 0.05) is 11.1 Å². The minimum atomic E-state index is -4.57. The summed E-state index contributed by atoms with van der Waals surface area (Å²) in [4.78, 5) is 13.2. The number of aryl methyl sites for hydroxylation is 1. The van der Waals surface area contributed by atoms with Crippen LogP contribution >= 0.6 is 0 Å². The van der Waals surface area contributed by atoms with E-state index < -0.39 is 17.5 Å². The second-order valence-corrected chi connectivity index (χ2v) is 9.14. The van der Waals surface area contributed by atoms with Crippen LogP contribution in [0.1, 0.15) is 86.5 Å². The number of carbonyl (C=O) groups excluding carboxylic acids is 1. The molecular weight excluding hydrogens is 385 g/mol. The molecule has 0 aliphatic carbocycles. The van der Waals surface area contributed by atoms with Gasteiger partial charge in [-0.2, -0.15) is 13.2 Å². The maximum Gasteiger partial charge on any atom is 0.417 e. The Hall–Kier alpha value is -2.10. The molecule has 2 aromatic rings. The van der Waals surface area contributed by atoms with Crippen molar-refractivity contribution < 1.29 is 18.0 Å². The van der Waals surface area contributed by atoms with Crippen molar-refractivity contribution in [2.75, 3.05) is 0 Å². The van der Waals surface area contributed by atoms with Gasteiger partial charge in [0.2, 0.25) is 0 Å². The minimum Gasteiger partial charge on any atom is -0.289 e. The van der Waals surface area contributed by atoms with Crippen molar-refractivity contribution in [1.82, 2.24) is 0 Å². The van der Waals surface area contributed by atoms with Crippen molar-refractivity contribution in [3.8, 4) is 0 Å². The summed E-state index contributed by atoms with van der Waals surface area (Å²) in [6.45, 7) is 12.6. The number of alkyl halides is 3. The summed E-state index contributed by atoms with van der Waals surface area (Å²) in [5.41, 5.74) is 0.774. The van der Waals surface area contributed by atoms with E-state index in [1.165, 1.54) is 12.1 Å². The lowest BCUT2D eigenvalue weighted by Gasteiger charge is -2.25.